The second-order valence-corrected chi connectivity index (χ2v) is 4.37. The molecule has 2 rings (SSSR count). The first kappa shape index (κ1) is 13.3. The molecule has 0 bridgehead atoms. The first-order valence-electron chi connectivity index (χ1n) is 5.90. The molecule has 1 fully saturated rings. The third-order valence-electron chi connectivity index (χ3n) is 2.72. The van der Waals surface area contributed by atoms with Gasteiger partial charge in [-0.25, -0.2) is 0 Å². The molecule has 0 saturated carbocycles. The fraction of sp³-hybridized carbons (Fsp3) is 0.462. The van der Waals surface area contributed by atoms with Crippen molar-refractivity contribution in [3.63, 3.8) is 0 Å². The molecule has 4 nitrogen and oxygen atoms in total. The number of ether oxygens (including phenoxy) is 2. The van der Waals surface area contributed by atoms with Crippen molar-refractivity contribution in [1.29, 1.82) is 0 Å². The van der Waals surface area contributed by atoms with Crippen LogP contribution in [-0.4, -0.2) is 31.8 Å². The van der Waals surface area contributed by atoms with E-state index in [2.05, 4.69) is 5.32 Å². The molecule has 18 heavy (non-hydrogen) atoms. The zero-order valence-corrected chi connectivity index (χ0v) is 10.8. The number of amides is 1. The number of halogens is 1. The monoisotopic (exact) mass is 269 g/mol. The largest absolute Gasteiger partial charge is 0.376 e. The Morgan fingerprint density at radius 3 is 2.94 bits per heavy atom. The summed E-state index contributed by atoms with van der Waals surface area (Å²) in [6.07, 6.45) is -0.491. The van der Waals surface area contributed by atoms with E-state index >= 15 is 0 Å². The maximum Gasteiger partial charge on any atom is 0.251 e. The third kappa shape index (κ3) is 3.70. The molecule has 1 aromatic carbocycles. The lowest BCUT2D eigenvalue weighted by Crippen LogP contribution is -2.42. The Balaban J connectivity index is 1.84. The van der Waals surface area contributed by atoms with Crippen molar-refractivity contribution < 1.29 is 14.3 Å². The van der Waals surface area contributed by atoms with Crippen molar-refractivity contribution in [2.45, 2.75) is 18.5 Å². The van der Waals surface area contributed by atoms with E-state index in [0.29, 0.717) is 32.2 Å². The molecule has 1 amide bonds. The molecule has 1 aliphatic heterocycles. The summed E-state index contributed by atoms with van der Waals surface area (Å²) >= 11 is 5.76. The van der Waals surface area contributed by atoms with Gasteiger partial charge in [0.25, 0.3) is 5.91 Å². The normalized spacial score (nSPS) is 19.5. The Hall–Kier alpha value is -1.10. The fourth-order valence-corrected chi connectivity index (χ4v) is 1.93. The van der Waals surface area contributed by atoms with Crippen LogP contribution in [0.1, 0.15) is 11.1 Å². The minimum Gasteiger partial charge on any atom is -0.376 e. The molecule has 1 aliphatic rings. The van der Waals surface area contributed by atoms with Gasteiger partial charge in [0.15, 0.2) is 6.10 Å². The number of carbonyl (C=O) groups excluding carboxylic acids is 1. The van der Waals surface area contributed by atoms with Crippen LogP contribution in [-0.2, 0) is 26.7 Å². The molecule has 0 aromatic heterocycles. The van der Waals surface area contributed by atoms with Crippen LogP contribution in [0.2, 0.25) is 0 Å². The van der Waals surface area contributed by atoms with E-state index in [9.17, 15) is 4.79 Å². The van der Waals surface area contributed by atoms with Crippen LogP contribution < -0.4 is 5.32 Å². The first-order chi connectivity index (χ1) is 8.79. The smallest absolute Gasteiger partial charge is 0.251 e. The van der Waals surface area contributed by atoms with Crippen molar-refractivity contribution in [2.75, 3.05) is 19.8 Å². The SMILES string of the molecule is O=C(NCc1cccc(CCl)c1)C1COCCO1. The Labute approximate surface area is 111 Å². The lowest BCUT2D eigenvalue weighted by Gasteiger charge is -2.22. The third-order valence-corrected chi connectivity index (χ3v) is 3.03. The molecule has 98 valence electrons. The summed E-state index contributed by atoms with van der Waals surface area (Å²) in [5.74, 6) is 0.340. The summed E-state index contributed by atoms with van der Waals surface area (Å²) in [6.45, 7) is 1.83. The molecule has 5 heteroatoms. The zero-order chi connectivity index (χ0) is 12.8. The van der Waals surface area contributed by atoms with E-state index < -0.39 is 6.10 Å². The maximum atomic E-state index is 11.8. The lowest BCUT2D eigenvalue weighted by atomic mass is 10.1. The van der Waals surface area contributed by atoms with Gasteiger partial charge in [0, 0.05) is 12.4 Å². The van der Waals surface area contributed by atoms with E-state index in [1.807, 2.05) is 24.3 Å². The van der Waals surface area contributed by atoms with Crippen LogP contribution >= 0.6 is 11.6 Å². The molecule has 1 heterocycles. The number of nitrogens with one attached hydrogen (secondary N) is 1. The fourth-order valence-electron chi connectivity index (χ4n) is 1.76. The molecule has 1 aromatic rings. The summed E-state index contributed by atoms with van der Waals surface area (Å²) in [5, 5.41) is 2.83. The van der Waals surface area contributed by atoms with Gasteiger partial charge in [0.1, 0.15) is 0 Å². The van der Waals surface area contributed by atoms with Gasteiger partial charge in [-0.3, -0.25) is 4.79 Å². The highest BCUT2D eigenvalue weighted by Gasteiger charge is 2.21. The highest BCUT2D eigenvalue weighted by Crippen LogP contribution is 2.08. The minimum absolute atomic E-state index is 0.133. The average molecular weight is 270 g/mol. The molecule has 0 spiro atoms. The van der Waals surface area contributed by atoms with Crippen molar-refractivity contribution in [2.24, 2.45) is 0 Å². The quantitative estimate of drug-likeness (QED) is 0.842. The van der Waals surface area contributed by atoms with Gasteiger partial charge in [-0.15, -0.1) is 11.6 Å². The summed E-state index contributed by atoms with van der Waals surface area (Å²) in [6, 6.07) is 7.82. The van der Waals surface area contributed by atoms with Gasteiger partial charge < -0.3 is 14.8 Å². The van der Waals surface area contributed by atoms with Gasteiger partial charge in [-0.1, -0.05) is 24.3 Å². The molecular formula is C13H16ClNO3. The highest BCUT2D eigenvalue weighted by molar-refractivity contribution is 6.17. The van der Waals surface area contributed by atoms with Crippen molar-refractivity contribution in [3.05, 3.63) is 35.4 Å². The average Bonchev–Trinajstić information content (AvgIpc) is 2.46. The second-order valence-electron chi connectivity index (χ2n) is 4.11. The summed E-state index contributed by atoms with van der Waals surface area (Å²) in [4.78, 5) is 11.8. The summed E-state index contributed by atoms with van der Waals surface area (Å²) in [5.41, 5.74) is 2.07. The topological polar surface area (TPSA) is 47.6 Å². The Kier molecular flexibility index (Phi) is 4.99. The standard InChI is InChI=1S/C13H16ClNO3/c14-7-10-2-1-3-11(6-10)8-15-13(16)12-9-17-4-5-18-12/h1-3,6,12H,4-5,7-9H2,(H,15,16). The minimum atomic E-state index is -0.491. The number of hydrogen-bond acceptors (Lipinski definition) is 3. The van der Waals surface area contributed by atoms with Crippen molar-refractivity contribution >= 4 is 17.5 Å². The van der Waals surface area contributed by atoms with Crippen molar-refractivity contribution in [3.8, 4) is 0 Å². The highest BCUT2D eigenvalue weighted by atomic mass is 35.5. The molecular weight excluding hydrogens is 254 g/mol. The number of carbonyl (C=O) groups is 1. The predicted molar refractivity (Wildman–Crippen MR) is 68.4 cm³/mol. The van der Waals surface area contributed by atoms with Gasteiger partial charge in [-0.05, 0) is 11.1 Å². The molecule has 1 saturated heterocycles. The molecule has 1 N–H and O–H groups in total. The number of rotatable bonds is 4. The van der Waals surface area contributed by atoms with Gasteiger partial charge in [0.05, 0.1) is 19.8 Å². The second kappa shape index (κ2) is 6.73. The first-order valence-corrected chi connectivity index (χ1v) is 6.44. The predicted octanol–water partition coefficient (Wildman–Crippen LogP) is 1.46. The van der Waals surface area contributed by atoms with E-state index in [1.54, 1.807) is 0 Å². The summed E-state index contributed by atoms with van der Waals surface area (Å²) in [7, 11) is 0. The molecule has 0 radical (unpaired) electrons. The Bertz CT molecular complexity index is 405. The van der Waals surface area contributed by atoms with Gasteiger partial charge >= 0.3 is 0 Å². The number of benzene rings is 1. The van der Waals surface area contributed by atoms with E-state index in [-0.39, 0.29) is 5.91 Å². The van der Waals surface area contributed by atoms with Gasteiger partial charge in [-0.2, -0.15) is 0 Å². The number of hydrogen-bond donors (Lipinski definition) is 1. The van der Waals surface area contributed by atoms with E-state index in [4.69, 9.17) is 21.1 Å². The Morgan fingerprint density at radius 1 is 1.39 bits per heavy atom. The van der Waals surface area contributed by atoms with E-state index in [0.717, 1.165) is 11.1 Å². The number of alkyl halides is 1. The van der Waals surface area contributed by atoms with Crippen LogP contribution in [0, 0.1) is 0 Å². The van der Waals surface area contributed by atoms with Crippen LogP contribution in [0.5, 0.6) is 0 Å². The Morgan fingerprint density at radius 2 is 2.22 bits per heavy atom. The van der Waals surface area contributed by atoms with Crippen LogP contribution in [0.4, 0.5) is 0 Å². The lowest BCUT2D eigenvalue weighted by molar-refractivity contribution is -0.147. The molecule has 1 atom stereocenters. The van der Waals surface area contributed by atoms with Gasteiger partial charge in [0.2, 0.25) is 0 Å². The molecule has 1 unspecified atom stereocenters. The van der Waals surface area contributed by atoms with Crippen LogP contribution in [0.15, 0.2) is 24.3 Å². The van der Waals surface area contributed by atoms with Crippen molar-refractivity contribution in [1.82, 2.24) is 5.32 Å². The van der Waals surface area contributed by atoms with Crippen LogP contribution in [0.25, 0.3) is 0 Å². The van der Waals surface area contributed by atoms with E-state index in [1.165, 1.54) is 0 Å². The van der Waals surface area contributed by atoms with Crippen LogP contribution in [0.3, 0.4) is 0 Å². The molecule has 0 aliphatic carbocycles. The zero-order valence-electron chi connectivity index (χ0n) is 10.0. The maximum absolute atomic E-state index is 11.8. The summed E-state index contributed by atoms with van der Waals surface area (Å²) < 4.78 is 10.5.